The molecule has 16 heavy (non-hydrogen) atoms. The van der Waals surface area contributed by atoms with Crippen LogP contribution < -0.4 is 4.74 Å². The summed E-state index contributed by atoms with van der Waals surface area (Å²) in [6.45, 7) is 2.59. The maximum absolute atomic E-state index is 13.3. The first-order chi connectivity index (χ1) is 7.72. The molecular formula is C12H14BrFO2. The highest BCUT2D eigenvalue weighted by molar-refractivity contribution is 9.09. The van der Waals surface area contributed by atoms with E-state index in [-0.39, 0.29) is 18.0 Å². The highest BCUT2D eigenvalue weighted by Crippen LogP contribution is 2.34. The third kappa shape index (κ3) is 2.38. The Labute approximate surface area is 103 Å². The largest absolute Gasteiger partial charge is 0.485 e. The average molecular weight is 289 g/mol. The van der Waals surface area contributed by atoms with Gasteiger partial charge in [0.2, 0.25) is 0 Å². The molecule has 1 aliphatic carbocycles. The number of para-hydroxylation sites is 1. The van der Waals surface area contributed by atoms with Gasteiger partial charge >= 0.3 is 0 Å². The van der Waals surface area contributed by atoms with Crippen molar-refractivity contribution >= 4 is 15.9 Å². The van der Waals surface area contributed by atoms with Crippen molar-refractivity contribution in [3.63, 3.8) is 0 Å². The van der Waals surface area contributed by atoms with Gasteiger partial charge in [-0.05, 0) is 19.1 Å². The van der Waals surface area contributed by atoms with E-state index in [0.29, 0.717) is 17.2 Å². The zero-order valence-corrected chi connectivity index (χ0v) is 10.6. The van der Waals surface area contributed by atoms with Crippen LogP contribution in [-0.2, 0) is 4.74 Å². The molecule has 1 aromatic carbocycles. The van der Waals surface area contributed by atoms with Crippen molar-refractivity contribution < 1.29 is 13.9 Å². The number of hydrogen-bond acceptors (Lipinski definition) is 2. The van der Waals surface area contributed by atoms with Gasteiger partial charge in [0.1, 0.15) is 12.2 Å². The van der Waals surface area contributed by atoms with Gasteiger partial charge in [-0.25, -0.2) is 4.39 Å². The van der Waals surface area contributed by atoms with Gasteiger partial charge in [-0.1, -0.05) is 28.1 Å². The van der Waals surface area contributed by atoms with E-state index in [1.165, 1.54) is 6.07 Å². The predicted molar refractivity (Wildman–Crippen MR) is 63.6 cm³/mol. The summed E-state index contributed by atoms with van der Waals surface area (Å²) in [5.74, 6) is -0.0210. The lowest BCUT2D eigenvalue weighted by Gasteiger charge is -2.40. The number of alkyl halides is 1. The molecule has 3 atom stereocenters. The Kier molecular flexibility index (Phi) is 3.82. The normalized spacial score (nSPS) is 28.6. The fraction of sp³-hybridized carbons (Fsp3) is 0.500. The standard InChI is InChI=1S/C12H14BrFO2/c1-2-15-12-8(13)7-11(12)16-10-6-4-3-5-9(10)14/h3-6,8,11-12H,2,7H2,1H3. The summed E-state index contributed by atoms with van der Waals surface area (Å²) in [7, 11) is 0. The Morgan fingerprint density at radius 3 is 2.81 bits per heavy atom. The van der Waals surface area contributed by atoms with Gasteiger partial charge in [-0.15, -0.1) is 0 Å². The lowest BCUT2D eigenvalue weighted by molar-refractivity contribution is -0.0734. The van der Waals surface area contributed by atoms with Crippen molar-refractivity contribution in [1.29, 1.82) is 0 Å². The second-order valence-electron chi connectivity index (χ2n) is 3.76. The lowest BCUT2D eigenvalue weighted by Crippen LogP contribution is -2.52. The van der Waals surface area contributed by atoms with Gasteiger partial charge in [-0.3, -0.25) is 0 Å². The molecule has 0 heterocycles. The number of halogens is 2. The molecule has 88 valence electrons. The molecule has 2 rings (SSSR count). The zero-order chi connectivity index (χ0) is 11.5. The summed E-state index contributed by atoms with van der Waals surface area (Å²) in [6, 6.07) is 6.45. The van der Waals surface area contributed by atoms with Crippen molar-refractivity contribution in [2.75, 3.05) is 6.61 Å². The van der Waals surface area contributed by atoms with Crippen LogP contribution in [0.2, 0.25) is 0 Å². The first kappa shape index (κ1) is 11.9. The van der Waals surface area contributed by atoms with Crippen LogP contribution in [-0.4, -0.2) is 23.6 Å². The van der Waals surface area contributed by atoms with Crippen molar-refractivity contribution in [3.05, 3.63) is 30.1 Å². The van der Waals surface area contributed by atoms with Crippen LogP contribution in [0.15, 0.2) is 24.3 Å². The second-order valence-corrected chi connectivity index (χ2v) is 4.93. The molecule has 0 spiro atoms. The van der Waals surface area contributed by atoms with E-state index in [2.05, 4.69) is 15.9 Å². The Balaban J connectivity index is 1.98. The molecule has 0 aromatic heterocycles. The Morgan fingerprint density at radius 2 is 2.19 bits per heavy atom. The fourth-order valence-electron chi connectivity index (χ4n) is 1.75. The molecule has 0 aliphatic heterocycles. The summed E-state index contributed by atoms with van der Waals surface area (Å²) < 4.78 is 24.5. The number of rotatable bonds is 4. The second kappa shape index (κ2) is 5.15. The molecule has 3 unspecified atom stereocenters. The highest BCUT2D eigenvalue weighted by Gasteiger charge is 2.42. The summed E-state index contributed by atoms with van der Waals surface area (Å²) >= 11 is 3.50. The molecule has 1 fully saturated rings. The van der Waals surface area contributed by atoms with E-state index >= 15 is 0 Å². The summed E-state index contributed by atoms with van der Waals surface area (Å²) in [5, 5.41) is 0. The molecule has 1 saturated carbocycles. The maximum Gasteiger partial charge on any atom is 0.165 e. The van der Waals surface area contributed by atoms with E-state index in [1.54, 1.807) is 18.2 Å². The first-order valence-corrected chi connectivity index (χ1v) is 6.30. The molecular weight excluding hydrogens is 275 g/mol. The van der Waals surface area contributed by atoms with Crippen LogP contribution in [0.5, 0.6) is 5.75 Å². The molecule has 2 nitrogen and oxygen atoms in total. The molecule has 0 amide bonds. The van der Waals surface area contributed by atoms with Crippen LogP contribution in [0.1, 0.15) is 13.3 Å². The first-order valence-electron chi connectivity index (χ1n) is 5.39. The highest BCUT2D eigenvalue weighted by atomic mass is 79.9. The van der Waals surface area contributed by atoms with Crippen LogP contribution >= 0.6 is 15.9 Å². The fourth-order valence-corrected chi connectivity index (χ4v) is 2.61. The van der Waals surface area contributed by atoms with Gasteiger partial charge in [0, 0.05) is 17.9 Å². The van der Waals surface area contributed by atoms with Gasteiger partial charge in [0.15, 0.2) is 11.6 Å². The molecule has 0 N–H and O–H groups in total. The molecule has 0 radical (unpaired) electrons. The van der Waals surface area contributed by atoms with Crippen molar-refractivity contribution in [1.82, 2.24) is 0 Å². The molecule has 0 bridgehead atoms. The predicted octanol–water partition coefficient (Wildman–Crippen LogP) is 3.15. The minimum atomic E-state index is -0.323. The van der Waals surface area contributed by atoms with Gasteiger partial charge in [0.25, 0.3) is 0 Å². The lowest BCUT2D eigenvalue weighted by atomic mass is 9.91. The van der Waals surface area contributed by atoms with Crippen LogP contribution in [0.3, 0.4) is 0 Å². The topological polar surface area (TPSA) is 18.5 Å². The van der Waals surface area contributed by atoms with Gasteiger partial charge < -0.3 is 9.47 Å². The number of ether oxygens (including phenoxy) is 2. The van der Waals surface area contributed by atoms with Crippen molar-refractivity contribution in [2.24, 2.45) is 0 Å². The minimum Gasteiger partial charge on any atom is -0.485 e. The Morgan fingerprint density at radius 1 is 1.44 bits per heavy atom. The van der Waals surface area contributed by atoms with E-state index in [4.69, 9.17) is 9.47 Å². The van der Waals surface area contributed by atoms with Crippen LogP contribution in [0, 0.1) is 5.82 Å². The van der Waals surface area contributed by atoms with E-state index < -0.39 is 0 Å². The van der Waals surface area contributed by atoms with Crippen molar-refractivity contribution in [2.45, 2.75) is 30.4 Å². The number of hydrogen-bond donors (Lipinski definition) is 0. The smallest absolute Gasteiger partial charge is 0.165 e. The third-order valence-corrected chi connectivity index (χ3v) is 3.55. The molecule has 4 heteroatoms. The average Bonchev–Trinajstić information content (AvgIpc) is 2.28. The quantitative estimate of drug-likeness (QED) is 0.793. The SMILES string of the molecule is CCOC1C(Br)CC1Oc1ccccc1F. The van der Waals surface area contributed by atoms with E-state index in [0.717, 1.165) is 6.42 Å². The monoisotopic (exact) mass is 288 g/mol. The molecule has 1 aromatic rings. The van der Waals surface area contributed by atoms with Crippen LogP contribution in [0.25, 0.3) is 0 Å². The van der Waals surface area contributed by atoms with E-state index in [1.807, 2.05) is 6.92 Å². The van der Waals surface area contributed by atoms with E-state index in [9.17, 15) is 4.39 Å². The van der Waals surface area contributed by atoms with Gasteiger partial charge in [-0.2, -0.15) is 0 Å². The third-order valence-electron chi connectivity index (χ3n) is 2.65. The molecule has 0 saturated heterocycles. The summed E-state index contributed by atoms with van der Waals surface area (Å²) in [5.41, 5.74) is 0. The molecule has 1 aliphatic rings. The van der Waals surface area contributed by atoms with Gasteiger partial charge in [0.05, 0.1) is 0 Å². The van der Waals surface area contributed by atoms with Crippen molar-refractivity contribution in [3.8, 4) is 5.75 Å². The summed E-state index contributed by atoms with van der Waals surface area (Å²) in [6.07, 6.45) is 0.810. The Bertz CT molecular complexity index is 359. The summed E-state index contributed by atoms with van der Waals surface area (Å²) in [4.78, 5) is 0.309. The maximum atomic E-state index is 13.3. The minimum absolute atomic E-state index is 0.0182. The Hall–Kier alpha value is -0.610. The zero-order valence-electron chi connectivity index (χ0n) is 9.03. The number of benzene rings is 1. The van der Waals surface area contributed by atoms with Crippen LogP contribution in [0.4, 0.5) is 4.39 Å².